The zero-order chi connectivity index (χ0) is 25.6. The molecule has 2 N–H and O–H groups in total. The van der Waals surface area contributed by atoms with Crippen molar-refractivity contribution in [3.63, 3.8) is 0 Å². The zero-order valence-electron chi connectivity index (χ0n) is 20.4. The van der Waals surface area contributed by atoms with Crippen LogP contribution in [0.5, 0.6) is 11.6 Å². The molecule has 3 aromatic heterocycles. The smallest absolute Gasteiger partial charge is 0.270 e. The minimum Gasteiger partial charge on any atom is -0.492 e. The highest BCUT2D eigenvalue weighted by Crippen LogP contribution is 2.31. The van der Waals surface area contributed by atoms with Crippen molar-refractivity contribution in [1.82, 2.24) is 24.5 Å². The lowest BCUT2D eigenvalue weighted by atomic mass is 10.1. The standard InChI is InChI=1S/C25H28N6O5/c1-14(2)13-30-23-17(6-7-20(32)29-10-11-36-19-12-26-9-8-18(19)29)15(3)28-31(23)25(35)21(24(30)34)22(33)27-16-4-5-16/h6-9,12,14,16,35H,4-5,10-11,13H2,1-3H3,(H,27,33)/b7-6+. The molecule has 11 heteroatoms. The minimum absolute atomic E-state index is 0.0236. The molecular formula is C25H28N6O5. The summed E-state index contributed by atoms with van der Waals surface area (Å²) in [4.78, 5) is 45.0. The van der Waals surface area contributed by atoms with Gasteiger partial charge in [0.05, 0.1) is 24.1 Å². The Labute approximate surface area is 207 Å². The van der Waals surface area contributed by atoms with Crippen LogP contribution in [0, 0.1) is 12.8 Å². The molecule has 2 aliphatic rings. The van der Waals surface area contributed by atoms with E-state index in [2.05, 4.69) is 15.4 Å². The van der Waals surface area contributed by atoms with Gasteiger partial charge in [-0.05, 0) is 37.8 Å². The molecule has 0 aromatic carbocycles. The predicted molar refractivity (Wildman–Crippen MR) is 132 cm³/mol. The van der Waals surface area contributed by atoms with E-state index >= 15 is 0 Å². The van der Waals surface area contributed by atoms with E-state index < -0.39 is 17.3 Å². The maximum absolute atomic E-state index is 13.4. The van der Waals surface area contributed by atoms with Crippen LogP contribution in [0.1, 0.15) is 48.3 Å². The van der Waals surface area contributed by atoms with Gasteiger partial charge in [0, 0.05) is 30.4 Å². The van der Waals surface area contributed by atoms with Crippen molar-refractivity contribution in [3.8, 4) is 11.6 Å². The molecule has 188 valence electrons. The highest BCUT2D eigenvalue weighted by Gasteiger charge is 2.30. The first-order valence-corrected chi connectivity index (χ1v) is 12.0. The molecule has 11 nitrogen and oxygen atoms in total. The Balaban J connectivity index is 1.58. The number of nitrogens with zero attached hydrogens (tertiary/aromatic N) is 5. The van der Waals surface area contributed by atoms with E-state index in [-0.39, 0.29) is 23.4 Å². The van der Waals surface area contributed by atoms with Crippen molar-refractivity contribution in [2.45, 2.75) is 46.2 Å². The molecule has 1 aliphatic carbocycles. The number of amides is 2. The predicted octanol–water partition coefficient (Wildman–Crippen LogP) is 1.89. The number of ether oxygens (including phenoxy) is 1. The number of hydrogen-bond acceptors (Lipinski definition) is 7. The van der Waals surface area contributed by atoms with Crippen molar-refractivity contribution < 1.29 is 19.4 Å². The molecule has 0 bridgehead atoms. The maximum Gasteiger partial charge on any atom is 0.270 e. The van der Waals surface area contributed by atoms with Gasteiger partial charge in [-0.15, -0.1) is 0 Å². The van der Waals surface area contributed by atoms with Gasteiger partial charge in [0.15, 0.2) is 11.3 Å². The fourth-order valence-corrected chi connectivity index (χ4v) is 4.33. The van der Waals surface area contributed by atoms with Crippen LogP contribution < -0.4 is 20.5 Å². The van der Waals surface area contributed by atoms with E-state index in [4.69, 9.17) is 4.74 Å². The van der Waals surface area contributed by atoms with E-state index in [1.54, 1.807) is 36.4 Å². The average Bonchev–Trinajstić information content (AvgIpc) is 3.60. The quantitative estimate of drug-likeness (QED) is 0.503. The van der Waals surface area contributed by atoms with Gasteiger partial charge in [-0.2, -0.15) is 9.61 Å². The van der Waals surface area contributed by atoms with Crippen LogP contribution in [0.4, 0.5) is 5.69 Å². The number of pyridine rings is 1. The van der Waals surface area contributed by atoms with Crippen LogP contribution in [-0.2, 0) is 11.3 Å². The molecule has 5 rings (SSSR count). The number of fused-ring (bicyclic) bond motifs is 2. The molecule has 3 aromatic rings. The normalized spacial score (nSPS) is 15.4. The lowest BCUT2D eigenvalue weighted by molar-refractivity contribution is -0.114. The highest BCUT2D eigenvalue weighted by atomic mass is 16.5. The summed E-state index contributed by atoms with van der Waals surface area (Å²) in [7, 11) is 0. The van der Waals surface area contributed by atoms with Crippen LogP contribution in [0.2, 0.25) is 0 Å². The van der Waals surface area contributed by atoms with Crippen molar-refractivity contribution in [1.29, 1.82) is 0 Å². The van der Waals surface area contributed by atoms with Crippen LogP contribution in [-0.4, -0.2) is 55.3 Å². The summed E-state index contributed by atoms with van der Waals surface area (Å²) in [5, 5.41) is 18.1. The van der Waals surface area contributed by atoms with Gasteiger partial charge in [-0.1, -0.05) is 13.8 Å². The third kappa shape index (κ3) is 4.21. The summed E-state index contributed by atoms with van der Waals surface area (Å²) in [5.74, 6) is -0.795. The third-order valence-electron chi connectivity index (χ3n) is 6.19. The van der Waals surface area contributed by atoms with Gasteiger partial charge in [0.1, 0.15) is 12.3 Å². The summed E-state index contributed by atoms with van der Waals surface area (Å²) in [6.45, 7) is 6.66. The fourth-order valence-electron chi connectivity index (χ4n) is 4.33. The number of rotatable bonds is 6. The summed E-state index contributed by atoms with van der Waals surface area (Å²) < 4.78 is 8.24. The monoisotopic (exact) mass is 492 g/mol. The molecule has 0 saturated heterocycles. The van der Waals surface area contributed by atoms with Gasteiger partial charge in [-0.3, -0.25) is 23.9 Å². The van der Waals surface area contributed by atoms with E-state index in [1.165, 1.54) is 15.2 Å². The van der Waals surface area contributed by atoms with Crippen molar-refractivity contribution in [2.24, 2.45) is 5.92 Å². The average molecular weight is 493 g/mol. The van der Waals surface area contributed by atoms with Crippen LogP contribution in [0.3, 0.4) is 0 Å². The van der Waals surface area contributed by atoms with E-state index in [1.807, 2.05) is 13.8 Å². The number of anilines is 1. The van der Waals surface area contributed by atoms with Gasteiger partial charge in [0.25, 0.3) is 17.4 Å². The molecule has 36 heavy (non-hydrogen) atoms. The summed E-state index contributed by atoms with van der Waals surface area (Å²) in [6, 6.07) is 1.74. The van der Waals surface area contributed by atoms with Crippen molar-refractivity contribution in [2.75, 3.05) is 18.1 Å². The van der Waals surface area contributed by atoms with Crippen molar-refractivity contribution >= 4 is 29.2 Å². The second-order valence-electron chi connectivity index (χ2n) is 9.51. The van der Waals surface area contributed by atoms with Crippen LogP contribution in [0.25, 0.3) is 11.7 Å². The Morgan fingerprint density at radius 2 is 2.11 bits per heavy atom. The van der Waals surface area contributed by atoms with E-state index in [9.17, 15) is 19.5 Å². The first-order chi connectivity index (χ1) is 17.3. The van der Waals surface area contributed by atoms with Crippen LogP contribution in [0.15, 0.2) is 29.3 Å². The van der Waals surface area contributed by atoms with E-state index in [0.717, 1.165) is 12.8 Å². The number of aromatic nitrogens is 4. The molecule has 0 spiro atoms. The Bertz CT molecular complexity index is 1450. The van der Waals surface area contributed by atoms with Crippen molar-refractivity contribution in [3.05, 3.63) is 51.7 Å². The van der Waals surface area contributed by atoms with Gasteiger partial charge >= 0.3 is 0 Å². The Hall–Kier alpha value is -4.15. The van der Waals surface area contributed by atoms with E-state index in [0.29, 0.717) is 48.0 Å². The first kappa shape index (κ1) is 23.6. The minimum atomic E-state index is -0.611. The SMILES string of the molecule is Cc1nn2c(O)c(C(=O)NC3CC3)c(=O)n(CC(C)C)c2c1/C=C/C(=O)N1CCOc2cnccc21. The number of hydrogen-bond donors (Lipinski definition) is 2. The molecule has 0 radical (unpaired) electrons. The molecule has 0 unspecified atom stereocenters. The third-order valence-corrected chi connectivity index (χ3v) is 6.19. The van der Waals surface area contributed by atoms with Gasteiger partial charge < -0.3 is 20.1 Å². The number of nitrogens with one attached hydrogen (secondary N) is 1. The molecule has 4 heterocycles. The molecule has 1 fully saturated rings. The second kappa shape index (κ2) is 9.14. The largest absolute Gasteiger partial charge is 0.492 e. The summed E-state index contributed by atoms with van der Waals surface area (Å²) in [5.41, 5.74) is 1.03. The van der Waals surface area contributed by atoms with Crippen LogP contribution >= 0.6 is 0 Å². The fraction of sp³-hybridized carbons (Fsp3) is 0.400. The molecule has 1 aliphatic heterocycles. The van der Waals surface area contributed by atoms with Gasteiger partial charge in [0.2, 0.25) is 5.88 Å². The lowest BCUT2D eigenvalue weighted by Gasteiger charge is -2.28. The molecule has 2 amide bonds. The Morgan fingerprint density at radius 1 is 1.33 bits per heavy atom. The number of carbonyl (C=O) groups is 2. The lowest BCUT2D eigenvalue weighted by Crippen LogP contribution is -2.37. The number of aromatic hydroxyl groups is 1. The zero-order valence-corrected chi connectivity index (χ0v) is 20.4. The molecule has 0 atom stereocenters. The van der Waals surface area contributed by atoms with Gasteiger partial charge in [-0.25, -0.2) is 0 Å². The Kier molecular flexibility index (Phi) is 5.99. The number of aryl methyl sites for hydroxylation is 1. The second-order valence-corrected chi connectivity index (χ2v) is 9.51. The number of carbonyl (C=O) groups excluding carboxylic acids is 2. The Morgan fingerprint density at radius 3 is 2.83 bits per heavy atom. The summed E-state index contributed by atoms with van der Waals surface area (Å²) in [6.07, 6.45) is 7.87. The first-order valence-electron chi connectivity index (χ1n) is 12.0. The summed E-state index contributed by atoms with van der Waals surface area (Å²) >= 11 is 0. The topological polar surface area (TPSA) is 131 Å². The molecular weight excluding hydrogens is 464 g/mol. The highest BCUT2D eigenvalue weighted by molar-refractivity contribution is 6.05. The molecule has 1 saturated carbocycles. The maximum atomic E-state index is 13.4.